The van der Waals surface area contributed by atoms with Gasteiger partial charge in [0.25, 0.3) is 0 Å². The van der Waals surface area contributed by atoms with Crippen molar-refractivity contribution in [2.45, 2.75) is 73.1 Å². The first-order valence-corrected chi connectivity index (χ1v) is 18.4. The van der Waals surface area contributed by atoms with E-state index in [0.29, 0.717) is 17.8 Å². The molecule has 4 aromatic carbocycles. The zero-order chi connectivity index (χ0) is 32.7. The normalized spacial score (nSPS) is 11.7. The molecule has 4 nitrogen and oxygen atoms in total. The minimum atomic E-state index is 0.376. The van der Waals surface area contributed by atoms with Crippen molar-refractivity contribution < 1.29 is 27.9 Å². The second-order valence-electron chi connectivity index (χ2n) is 13.1. The van der Waals surface area contributed by atoms with Crippen molar-refractivity contribution in [1.29, 1.82) is 0 Å². The topological polar surface area (TPSA) is 17.6 Å². The number of para-hydroxylation sites is 2. The maximum atomic E-state index is 4.61. The van der Waals surface area contributed by atoms with E-state index in [1.807, 2.05) is 0 Å². The van der Waals surface area contributed by atoms with Gasteiger partial charge in [0, 0.05) is 0 Å². The van der Waals surface area contributed by atoms with Crippen molar-refractivity contribution in [3.63, 3.8) is 0 Å². The number of hydrogen-bond acceptors (Lipinski definition) is 0. The van der Waals surface area contributed by atoms with E-state index in [1.54, 1.807) is 18.8 Å². The Bertz CT molecular complexity index is 1980. The molecule has 6 aromatic rings. The first-order chi connectivity index (χ1) is 21.4. The van der Waals surface area contributed by atoms with Crippen molar-refractivity contribution in [1.82, 2.24) is 9.13 Å². The fourth-order valence-corrected chi connectivity index (χ4v) is 6.27. The van der Waals surface area contributed by atoms with Crippen LogP contribution in [-0.2, 0) is 32.9 Å². The fraction of sp³-hybridized carbons (Fsp3) is 0.333. The van der Waals surface area contributed by atoms with Crippen molar-refractivity contribution in [2.75, 3.05) is 0 Å². The third-order valence-electron chi connectivity index (χ3n) is 8.92. The number of nitrogens with zero attached hydrogens (tertiary/aromatic N) is 4. The Hall–Kier alpha value is -3.20. The molecule has 6 rings (SSSR count). The molecule has 0 atom stereocenters. The molecule has 45 heavy (non-hydrogen) atoms. The van der Waals surface area contributed by atoms with Crippen molar-refractivity contribution in [3.8, 4) is 22.5 Å². The molecule has 0 unspecified atom stereocenters. The van der Waals surface area contributed by atoms with Crippen LogP contribution in [0.3, 0.4) is 0 Å². The molecule has 0 aliphatic carbocycles. The van der Waals surface area contributed by atoms with Crippen molar-refractivity contribution >= 4 is 31.5 Å². The number of benzene rings is 4. The minimum absolute atomic E-state index is 0.376. The summed E-state index contributed by atoms with van der Waals surface area (Å²) in [7, 11) is 8.74. The van der Waals surface area contributed by atoms with Crippen LogP contribution in [0.5, 0.6) is 0 Å². The molecule has 0 spiro atoms. The molecule has 0 amide bonds. The van der Waals surface area contributed by atoms with Gasteiger partial charge in [-0.2, -0.15) is 18.2 Å². The molecule has 0 saturated heterocycles. The van der Waals surface area contributed by atoms with Crippen LogP contribution in [0.25, 0.3) is 44.6 Å². The van der Waals surface area contributed by atoms with E-state index in [1.165, 1.54) is 38.9 Å². The van der Waals surface area contributed by atoms with Gasteiger partial charge in [-0.15, -0.1) is 5.56 Å². The summed E-state index contributed by atoms with van der Waals surface area (Å²) in [5, 5.41) is 0. The van der Waals surface area contributed by atoms with Crippen LogP contribution in [0, 0.1) is 32.6 Å². The maximum absolute atomic E-state index is 4.61. The SMILES string of the molecule is Cc1cc2c(cc1C)[n+](-c1[c-]c(-[n+]3[c-]n(C)c4ccccc43)cc(-c3c(C(C)C)cc(C(C)C)cc3C(C)C)c1)[c-]n2C.[Cl][Pt]. The second-order valence-corrected chi connectivity index (χ2v) is 13.1. The molecular weight excluding hydrogens is 755 g/mol. The third kappa shape index (κ3) is 6.17. The van der Waals surface area contributed by atoms with Crippen LogP contribution in [0.15, 0.2) is 60.7 Å². The number of aryl methyl sites for hydroxylation is 4. The van der Waals surface area contributed by atoms with Gasteiger partial charge in [-0.05, 0) is 53.9 Å². The van der Waals surface area contributed by atoms with Gasteiger partial charge in [0.05, 0.1) is 36.2 Å². The summed E-state index contributed by atoms with van der Waals surface area (Å²) in [6.07, 6.45) is 7.16. The van der Waals surface area contributed by atoms with Crippen LogP contribution < -0.4 is 9.13 Å². The van der Waals surface area contributed by atoms with E-state index in [4.69, 9.17) is 0 Å². The number of fused-ring (bicyclic) bond motifs is 2. The van der Waals surface area contributed by atoms with Gasteiger partial charge in [0.2, 0.25) is 12.7 Å². The molecule has 2 aromatic heterocycles. The average Bonchev–Trinajstić information content (AvgIpc) is 3.53. The van der Waals surface area contributed by atoms with Crippen LogP contribution >= 0.6 is 9.42 Å². The Morgan fingerprint density at radius 1 is 0.644 bits per heavy atom. The Balaban J connectivity index is 0.00000196. The first kappa shape index (κ1) is 33.2. The van der Waals surface area contributed by atoms with Crippen LogP contribution in [0.1, 0.15) is 87.1 Å². The Labute approximate surface area is 284 Å². The summed E-state index contributed by atoms with van der Waals surface area (Å²) in [5.41, 5.74) is 15.7. The van der Waals surface area contributed by atoms with Crippen LogP contribution in [-0.4, -0.2) is 9.13 Å². The molecule has 0 saturated carbocycles. The van der Waals surface area contributed by atoms with Gasteiger partial charge >= 0.3 is 28.2 Å². The van der Waals surface area contributed by atoms with Gasteiger partial charge in [0.15, 0.2) is 0 Å². The number of aromatic nitrogens is 4. The molecule has 0 N–H and O–H groups in total. The molecular formula is C39H43ClN4Pt-. The van der Waals surface area contributed by atoms with Gasteiger partial charge < -0.3 is 18.3 Å². The molecule has 6 heteroatoms. The van der Waals surface area contributed by atoms with E-state index in [2.05, 4.69) is 177 Å². The van der Waals surface area contributed by atoms with Crippen LogP contribution in [0.4, 0.5) is 0 Å². The molecule has 2 heterocycles. The van der Waals surface area contributed by atoms with E-state index in [9.17, 15) is 0 Å². The van der Waals surface area contributed by atoms with E-state index >= 15 is 0 Å². The van der Waals surface area contributed by atoms with E-state index < -0.39 is 0 Å². The number of rotatable bonds is 6. The van der Waals surface area contributed by atoms with Crippen molar-refractivity contribution in [3.05, 3.63) is 107 Å². The Kier molecular flexibility index (Phi) is 9.78. The fourth-order valence-electron chi connectivity index (χ4n) is 6.27. The quantitative estimate of drug-likeness (QED) is 0.118. The van der Waals surface area contributed by atoms with E-state index in [0.717, 1.165) is 33.4 Å². The van der Waals surface area contributed by atoms with Crippen LogP contribution in [0.2, 0.25) is 0 Å². The summed E-state index contributed by atoms with van der Waals surface area (Å²) in [6, 6.07) is 26.3. The number of hydrogen-bond donors (Lipinski definition) is 0. The van der Waals surface area contributed by atoms with Gasteiger partial charge in [0.1, 0.15) is 0 Å². The van der Waals surface area contributed by atoms with Gasteiger partial charge in [-0.1, -0.05) is 113 Å². The summed E-state index contributed by atoms with van der Waals surface area (Å²) >= 11 is 1.61. The standard InChI is InChI=1S/C39H43N4.ClH.Pt/c1-24(2)29-19-33(25(3)4)39(34(20-29)26(5)6)30-17-31(42-22-40(9)35-13-11-12-14-36(35)42)21-32(18-30)43-23-41(10)37-15-27(7)28(8)16-38(37)43;;/h11-20,24-26H,1-10H3;1H;/q-1;;+1/p-1. The second kappa shape index (κ2) is 13.3. The third-order valence-corrected chi connectivity index (χ3v) is 8.92. The summed E-state index contributed by atoms with van der Waals surface area (Å²) in [6.45, 7) is 18.2. The summed E-state index contributed by atoms with van der Waals surface area (Å²) in [4.78, 5) is 0. The average molecular weight is 798 g/mol. The predicted octanol–water partition coefficient (Wildman–Crippen LogP) is 8.97. The molecule has 0 bridgehead atoms. The number of halogens is 1. The zero-order valence-corrected chi connectivity index (χ0v) is 31.0. The monoisotopic (exact) mass is 797 g/mol. The number of imidazole rings is 2. The Morgan fingerprint density at radius 2 is 1.16 bits per heavy atom. The van der Waals surface area contributed by atoms with Gasteiger partial charge in [-0.25, -0.2) is 0 Å². The molecule has 0 aliphatic heterocycles. The Morgan fingerprint density at radius 3 is 1.71 bits per heavy atom. The molecule has 0 fully saturated rings. The summed E-state index contributed by atoms with van der Waals surface area (Å²) < 4.78 is 8.48. The first-order valence-electron chi connectivity index (χ1n) is 15.6. The predicted molar refractivity (Wildman–Crippen MR) is 182 cm³/mol. The van der Waals surface area contributed by atoms with Crippen molar-refractivity contribution in [2.24, 2.45) is 14.1 Å². The molecule has 237 valence electrons. The van der Waals surface area contributed by atoms with E-state index in [-0.39, 0.29) is 0 Å². The van der Waals surface area contributed by atoms with Gasteiger partial charge in [-0.3, -0.25) is 0 Å². The molecule has 0 radical (unpaired) electrons. The summed E-state index contributed by atoms with van der Waals surface area (Å²) in [5.74, 6) is 1.22. The molecule has 0 aliphatic rings. The zero-order valence-electron chi connectivity index (χ0n) is 28.0.